The lowest BCUT2D eigenvalue weighted by Crippen LogP contribution is -2.37. The predicted octanol–water partition coefficient (Wildman–Crippen LogP) is 3.53. The highest BCUT2D eigenvalue weighted by Gasteiger charge is 2.27. The summed E-state index contributed by atoms with van der Waals surface area (Å²) in [6, 6.07) is 8.94. The van der Waals surface area contributed by atoms with Crippen molar-refractivity contribution in [2.45, 2.75) is 19.6 Å². The van der Waals surface area contributed by atoms with Gasteiger partial charge in [-0.3, -0.25) is 9.59 Å². The molecule has 0 radical (unpaired) electrons. The average Bonchev–Trinajstić information content (AvgIpc) is 2.67. The number of fused-ring (bicyclic) bond motifs is 1. The van der Waals surface area contributed by atoms with Crippen LogP contribution in [0.4, 0.5) is 34.6 Å². The molecular formula is C21H19F4N5O2. The molecule has 1 amide bonds. The van der Waals surface area contributed by atoms with Crippen molar-refractivity contribution in [3.8, 4) is 0 Å². The highest BCUT2D eigenvalue weighted by atomic mass is 19.4. The molecule has 1 heterocycles. The summed E-state index contributed by atoms with van der Waals surface area (Å²) in [6.07, 6.45) is -3.26. The second-order valence-electron chi connectivity index (χ2n) is 7.08. The zero-order chi connectivity index (χ0) is 23.6. The number of hydrogen-bond acceptors (Lipinski definition) is 5. The van der Waals surface area contributed by atoms with Crippen molar-refractivity contribution in [3.63, 3.8) is 0 Å². The van der Waals surface area contributed by atoms with Crippen LogP contribution < -0.4 is 21.9 Å². The molecule has 0 aliphatic carbocycles. The minimum absolute atomic E-state index is 0.0271. The summed E-state index contributed by atoms with van der Waals surface area (Å²) in [5.74, 6) is -1.68. The molecule has 0 bridgehead atoms. The second-order valence-corrected chi connectivity index (χ2v) is 7.08. The van der Waals surface area contributed by atoms with E-state index in [0.717, 1.165) is 10.6 Å². The van der Waals surface area contributed by atoms with E-state index in [9.17, 15) is 27.2 Å². The van der Waals surface area contributed by atoms with Gasteiger partial charge in [0.2, 0.25) is 5.91 Å². The molecule has 2 aromatic carbocycles. The van der Waals surface area contributed by atoms with Gasteiger partial charge in [-0.05, 0) is 36.6 Å². The quantitative estimate of drug-likeness (QED) is 0.262. The summed E-state index contributed by atoms with van der Waals surface area (Å²) in [5.41, 5.74) is 5.72. The Balaban J connectivity index is 1.96. The number of carbonyl (C=O) groups excluding carboxylic acids is 1. The van der Waals surface area contributed by atoms with Crippen molar-refractivity contribution in [1.29, 1.82) is 5.41 Å². The maximum atomic E-state index is 14.4. The van der Waals surface area contributed by atoms with Gasteiger partial charge in [-0.15, -0.1) is 0 Å². The second kappa shape index (κ2) is 8.69. The Labute approximate surface area is 179 Å². The Morgan fingerprint density at radius 3 is 2.56 bits per heavy atom. The van der Waals surface area contributed by atoms with Crippen molar-refractivity contribution < 1.29 is 22.4 Å². The minimum atomic E-state index is -4.57. The first kappa shape index (κ1) is 22.8. The molecular weight excluding hydrogens is 430 g/mol. The maximum Gasteiger partial charge on any atom is 0.405 e. The summed E-state index contributed by atoms with van der Waals surface area (Å²) < 4.78 is 52.2. The normalized spacial score (nSPS) is 11.4. The summed E-state index contributed by atoms with van der Waals surface area (Å²) in [6.45, 7) is -0.701. The molecule has 0 aliphatic heterocycles. The molecule has 0 saturated heterocycles. The van der Waals surface area contributed by atoms with E-state index in [0.29, 0.717) is 5.39 Å². The highest BCUT2D eigenvalue weighted by Crippen LogP contribution is 2.28. The van der Waals surface area contributed by atoms with Crippen LogP contribution in [0.1, 0.15) is 12.5 Å². The molecule has 0 unspecified atom stereocenters. The number of anilines is 3. The molecule has 168 valence electrons. The van der Waals surface area contributed by atoms with Gasteiger partial charge in [-0.2, -0.15) is 13.2 Å². The lowest BCUT2D eigenvalue weighted by Gasteiger charge is -2.14. The first-order valence-corrected chi connectivity index (χ1v) is 9.33. The number of hydrogen-bond donors (Lipinski definition) is 4. The van der Waals surface area contributed by atoms with Crippen LogP contribution in [0.15, 0.2) is 47.4 Å². The lowest BCUT2D eigenvalue weighted by atomic mass is 10.1. The molecule has 32 heavy (non-hydrogen) atoms. The summed E-state index contributed by atoms with van der Waals surface area (Å²) in [5, 5.41) is 12.9. The number of nitrogen functional groups attached to an aromatic ring is 1. The average molecular weight is 449 g/mol. The number of amides is 1. The molecule has 0 aliphatic rings. The van der Waals surface area contributed by atoms with E-state index in [2.05, 4.69) is 5.32 Å². The van der Waals surface area contributed by atoms with E-state index in [1.165, 1.54) is 25.3 Å². The topological polar surface area (TPSA) is 113 Å². The Hall–Kier alpha value is -3.89. The lowest BCUT2D eigenvalue weighted by molar-refractivity contribution is -0.138. The van der Waals surface area contributed by atoms with Crippen LogP contribution in [0, 0.1) is 11.2 Å². The predicted molar refractivity (Wildman–Crippen MR) is 114 cm³/mol. The van der Waals surface area contributed by atoms with Gasteiger partial charge in [-0.25, -0.2) is 4.39 Å². The molecule has 0 atom stereocenters. The number of rotatable bonds is 6. The van der Waals surface area contributed by atoms with Crippen LogP contribution >= 0.6 is 0 Å². The van der Waals surface area contributed by atoms with Crippen LogP contribution in [-0.2, 0) is 11.3 Å². The van der Waals surface area contributed by atoms with Gasteiger partial charge in [0.1, 0.15) is 18.9 Å². The van der Waals surface area contributed by atoms with E-state index in [4.69, 9.17) is 11.1 Å². The molecule has 7 nitrogen and oxygen atoms in total. The van der Waals surface area contributed by atoms with Gasteiger partial charge in [0.05, 0.1) is 16.6 Å². The van der Waals surface area contributed by atoms with Crippen LogP contribution in [0.3, 0.4) is 0 Å². The van der Waals surface area contributed by atoms with E-state index in [1.54, 1.807) is 23.5 Å². The number of nitrogens with zero attached hydrogens (tertiary/aromatic N) is 1. The van der Waals surface area contributed by atoms with Crippen LogP contribution in [0.25, 0.3) is 10.8 Å². The zero-order valence-electron chi connectivity index (χ0n) is 16.8. The standard InChI is InChI=1S/C21H19F4N5O2/c1-11(26)18-14(22)7-13(8-15(18)27)29-16-4-2-3-12-5-6-30(20(32)19(12)16)9-17(31)28-10-21(23,24)25/h2-8,26,29H,9-10,27H2,1H3,(H,28,31). The smallest absolute Gasteiger partial charge is 0.398 e. The molecule has 11 heteroatoms. The van der Waals surface area contributed by atoms with Crippen molar-refractivity contribution in [3.05, 3.63) is 64.3 Å². The van der Waals surface area contributed by atoms with Crippen LogP contribution in [0.2, 0.25) is 0 Å². The summed E-state index contributed by atoms with van der Waals surface area (Å²) in [4.78, 5) is 24.8. The van der Waals surface area contributed by atoms with Gasteiger partial charge in [0.15, 0.2) is 0 Å². The molecule has 5 N–H and O–H groups in total. The van der Waals surface area contributed by atoms with E-state index in [-0.39, 0.29) is 33.7 Å². The molecule has 0 saturated carbocycles. The van der Waals surface area contributed by atoms with E-state index >= 15 is 0 Å². The number of benzene rings is 2. The molecule has 0 fully saturated rings. The first-order chi connectivity index (χ1) is 15.0. The van der Waals surface area contributed by atoms with Gasteiger partial charge in [0, 0.05) is 23.3 Å². The van der Waals surface area contributed by atoms with Gasteiger partial charge < -0.3 is 26.3 Å². The molecule has 3 rings (SSSR count). The fourth-order valence-corrected chi connectivity index (χ4v) is 3.22. The van der Waals surface area contributed by atoms with Crippen molar-refractivity contribution in [2.24, 2.45) is 0 Å². The number of pyridine rings is 1. The number of nitrogens with one attached hydrogen (secondary N) is 3. The van der Waals surface area contributed by atoms with E-state index < -0.39 is 36.5 Å². The van der Waals surface area contributed by atoms with Gasteiger partial charge in [0.25, 0.3) is 5.56 Å². The van der Waals surface area contributed by atoms with Crippen molar-refractivity contribution >= 4 is 39.5 Å². The molecule has 3 aromatic rings. The largest absolute Gasteiger partial charge is 0.405 e. The van der Waals surface area contributed by atoms with E-state index in [1.807, 2.05) is 0 Å². The molecule has 1 aromatic heterocycles. The number of alkyl halides is 3. The Bertz CT molecular complexity index is 1240. The third kappa shape index (κ3) is 5.05. The number of halogens is 4. The fourth-order valence-electron chi connectivity index (χ4n) is 3.22. The van der Waals surface area contributed by atoms with Crippen molar-refractivity contribution in [2.75, 3.05) is 17.6 Å². The zero-order valence-corrected chi connectivity index (χ0v) is 16.8. The summed E-state index contributed by atoms with van der Waals surface area (Å²) in [7, 11) is 0. The van der Waals surface area contributed by atoms with Crippen LogP contribution in [-0.4, -0.2) is 28.9 Å². The fraction of sp³-hybridized carbons (Fsp3) is 0.190. The van der Waals surface area contributed by atoms with Gasteiger partial charge in [-0.1, -0.05) is 12.1 Å². The Morgan fingerprint density at radius 2 is 1.94 bits per heavy atom. The number of carbonyl (C=O) groups is 1. The Morgan fingerprint density at radius 1 is 1.22 bits per heavy atom. The minimum Gasteiger partial charge on any atom is -0.398 e. The van der Waals surface area contributed by atoms with Gasteiger partial charge >= 0.3 is 6.18 Å². The monoisotopic (exact) mass is 449 g/mol. The third-order valence-corrected chi connectivity index (χ3v) is 4.58. The first-order valence-electron chi connectivity index (χ1n) is 9.33. The number of nitrogens with two attached hydrogens (primary N) is 1. The van der Waals surface area contributed by atoms with Crippen molar-refractivity contribution in [1.82, 2.24) is 9.88 Å². The third-order valence-electron chi connectivity index (χ3n) is 4.58. The summed E-state index contributed by atoms with van der Waals surface area (Å²) >= 11 is 0. The SMILES string of the molecule is CC(=N)c1c(N)cc(Nc2cccc3ccn(CC(=O)NCC(F)(F)F)c(=O)c23)cc1F. The van der Waals surface area contributed by atoms with Crippen LogP contribution in [0.5, 0.6) is 0 Å². The highest BCUT2D eigenvalue weighted by molar-refractivity contribution is 6.02. The molecule has 0 spiro atoms. The maximum absolute atomic E-state index is 14.4. The Kier molecular flexibility index (Phi) is 6.19. The number of aromatic nitrogens is 1.